The second-order valence-electron chi connectivity index (χ2n) is 4.95. The standard InChI is InChI=1S/C17H20N2O2/c1-12(16(18)13-7-4-3-5-8-13)17(20)19-14-9-6-10-15(11-14)21-2/h3-12,16H,18H2,1-2H3,(H,19,20). The molecule has 110 valence electrons. The van der Waals surface area contributed by atoms with Gasteiger partial charge in [-0.2, -0.15) is 0 Å². The van der Waals surface area contributed by atoms with Crippen LogP contribution in [-0.4, -0.2) is 13.0 Å². The Kier molecular flexibility index (Phi) is 4.95. The van der Waals surface area contributed by atoms with E-state index in [1.54, 1.807) is 13.2 Å². The van der Waals surface area contributed by atoms with E-state index in [0.717, 1.165) is 5.56 Å². The SMILES string of the molecule is COc1cccc(NC(=O)C(C)C(N)c2ccccc2)c1. The molecule has 0 radical (unpaired) electrons. The zero-order chi connectivity index (χ0) is 15.2. The first-order valence-electron chi connectivity index (χ1n) is 6.87. The summed E-state index contributed by atoms with van der Waals surface area (Å²) in [7, 11) is 1.59. The highest BCUT2D eigenvalue weighted by atomic mass is 16.5. The first-order chi connectivity index (χ1) is 10.1. The van der Waals surface area contributed by atoms with Crippen LogP contribution in [0.25, 0.3) is 0 Å². The van der Waals surface area contributed by atoms with Gasteiger partial charge in [0.15, 0.2) is 0 Å². The third-order valence-electron chi connectivity index (χ3n) is 3.47. The van der Waals surface area contributed by atoms with E-state index in [-0.39, 0.29) is 17.9 Å². The van der Waals surface area contributed by atoms with E-state index in [1.807, 2.05) is 55.5 Å². The van der Waals surface area contributed by atoms with E-state index >= 15 is 0 Å². The predicted molar refractivity (Wildman–Crippen MR) is 84.2 cm³/mol. The van der Waals surface area contributed by atoms with Gasteiger partial charge in [-0.05, 0) is 17.7 Å². The topological polar surface area (TPSA) is 64.3 Å². The molecule has 0 aliphatic heterocycles. The molecule has 2 aromatic carbocycles. The first kappa shape index (κ1) is 15.1. The lowest BCUT2D eigenvalue weighted by Crippen LogP contribution is -2.30. The Morgan fingerprint density at radius 1 is 1.14 bits per heavy atom. The van der Waals surface area contributed by atoms with Crippen molar-refractivity contribution < 1.29 is 9.53 Å². The minimum Gasteiger partial charge on any atom is -0.497 e. The number of benzene rings is 2. The molecule has 0 saturated heterocycles. The highest BCUT2D eigenvalue weighted by molar-refractivity contribution is 5.93. The van der Waals surface area contributed by atoms with Crippen molar-refractivity contribution in [2.24, 2.45) is 11.7 Å². The number of nitrogens with two attached hydrogens (primary N) is 1. The van der Waals surface area contributed by atoms with Crippen LogP contribution in [0.15, 0.2) is 54.6 Å². The molecule has 21 heavy (non-hydrogen) atoms. The van der Waals surface area contributed by atoms with Crippen molar-refractivity contribution in [3.05, 3.63) is 60.2 Å². The van der Waals surface area contributed by atoms with Gasteiger partial charge in [0.05, 0.1) is 13.0 Å². The Hall–Kier alpha value is -2.33. The van der Waals surface area contributed by atoms with Gasteiger partial charge in [-0.3, -0.25) is 4.79 Å². The summed E-state index contributed by atoms with van der Waals surface area (Å²) in [5.41, 5.74) is 7.81. The minimum absolute atomic E-state index is 0.111. The highest BCUT2D eigenvalue weighted by Gasteiger charge is 2.22. The molecule has 4 nitrogen and oxygen atoms in total. The Morgan fingerprint density at radius 2 is 1.86 bits per heavy atom. The van der Waals surface area contributed by atoms with Crippen molar-refractivity contribution >= 4 is 11.6 Å². The third-order valence-corrected chi connectivity index (χ3v) is 3.47. The van der Waals surface area contributed by atoms with Crippen LogP contribution in [0, 0.1) is 5.92 Å². The van der Waals surface area contributed by atoms with Crippen LogP contribution in [0.4, 0.5) is 5.69 Å². The van der Waals surface area contributed by atoms with Gasteiger partial charge in [0.1, 0.15) is 5.75 Å². The fourth-order valence-corrected chi connectivity index (χ4v) is 2.08. The monoisotopic (exact) mass is 284 g/mol. The van der Waals surface area contributed by atoms with Crippen LogP contribution in [0.1, 0.15) is 18.5 Å². The molecule has 0 aliphatic rings. The lowest BCUT2D eigenvalue weighted by atomic mass is 9.94. The predicted octanol–water partition coefficient (Wildman–Crippen LogP) is 2.97. The molecule has 0 heterocycles. The molecular weight excluding hydrogens is 264 g/mol. The summed E-state index contributed by atoms with van der Waals surface area (Å²) in [4.78, 5) is 12.3. The van der Waals surface area contributed by atoms with Crippen LogP contribution in [0.3, 0.4) is 0 Å². The zero-order valence-electron chi connectivity index (χ0n) is 12.2. The van der Waals surface area contributed by atoms with Crippen molar-refractivity contribution in [1.82, 2.24) is 0 Å². The molecular formula is C17H20N2O2. The van der Waals surface area contributed by atoms with Gasteiger partial charge < -0.3 is 15.8 Å². The lowest BCUT2D eigenvalue weighted by Gasteiger charge is -2.20. The van der Waals surface area contributed by atoms with Gasteiger partial charge >= 0.3 is 0 Å². The van der Waals surface area contributed by atoms with Gasteiger partial charge in [-0.25, -0.2) is 0 Å². The molecule has 0 saturated carbocycles. The van der Waals surface area contributed by atoms with E-state index < -0.39 is 0 Å². The average Bonchev–Trinajstić information content (AvgIpc) is 2.54. The fraction of sp³-hybridized carbons (Fsp3) is 0.235. The van der Waals surface area contributed by atoms with E-state index in [0.29, 0.717) is 11.4 Å². The number of nitrogens with one attached hydrogen (secondary N) is 1. The van der Waals surface area contributed by atoms with Crippen LogP contribution < -0.4 is 15.8 Å². The summed E-state index contributed by atoms with van der Waals surface area (Å²) in [5, 5.41) is 2.87. The van der Waals surface area contributed by atoms with Crippen LogP contribution in [0.5, 0.6) is 5.75 Å². The van der Waals surface area contributed by atoms with Gasteiger partial charge in [0.2, 0.25) is 5.91 Å². The molecule has 0 bridgehead atoms. The summed E-state index contributed by atoms with van der Waals surface area (Å²) in [5.74, 6) is 0.256. The molecule has 0 aromatic heterocycles. The Labute approximate surface area is 124 Å². The van der Waals surface area contributed by atoms with Crippen molar-refractivity contribution in [3.63, 3.8) is 0 Å². The summed E-state index contributed by atoms with van der Waals surface area (Å²) in [6, 6.07) is 16.5. The lowest BCUT2D eigenvalue weighted by molar-refractivity contribution is -0.120. The maximum Gasteiger partial charge on any atom is 0.229 e. The molecule has 0 spiro atoms. The van der Waals surface area contributed by atoms with Crippen LogP contribution in [-0.2, 0) is 4.79 Å². The maximum absolute atomic E-state index is 12.3. The molecule has 2 atom stereocenters. The van der Waals surface area contributed by atoms with Crippen molar-refractivity contribution in [1.29, 1.82) is 0 Å². The fourth-order valence-electron chi connectivity index (χ4n) is 2.08. The highest BCUT2D eigenvalue weighted by Crippen LogP contribution is 2.22. The Bertz CT molecular complexity index is 599. The molecule has 0 fully saturated rings. The number of anilines is 1. The molecule has 4 heteroatoms. The van der Waals surface area contributed by atoms with Gasteiger partial charge in [0, 0.05) is 17.8 Å². The summed E-state index contributed by atoms with van der Waals surface area (Å²) < 4.78 is 5.14. The minimum atomic E-state index is -0.336. The maximum atomic E-state index is 12.3. The smallest absolute Gasteiger partial charge is 0.229 e. The summed E-state index contributed by atoms with van der Waals surface area (Å²) in [6.45, 7) is 1.83. The van der Waals surface area contributed by atoms with Crippen LogP contribution in [0.2, 0.25) is 0 Å². The van der Waals surface area contributed by atoms with E-state index in [2.05, 4.69) is 5.32 Å². The molecule has 2 unspecified atom stereocenters. The van der Waals surface area contributed by atoms with E-state index in [1.165, 1.54) is 0 Å². The van der Waals surface area contributed by atoms with Crippen molar-refractivity contribution in [2.45, 2.75) is 13.0 Å². The zero-order valence-corrected chi connectivity index (χ0v) is 12.2. The van der Waals surface area contributed by atoms with Gasteiger partial charge in [0.25, 0.3) is 0 Å². The average molecular weight is 284 g/mol. The first-order valence-corrected chi connectivity index (χ1v) is 6.87. The van der Waals surface area contributed by atoms with Gasteiger partial charge in [-0.1, -0.05) is 43.3 Å². The molecule has 2 aromatic rings. The quantitative estimate of drug-likeness (QED) is 0.887. The number of methoxy groups -OCH3 is 1. The third kappa shape index (κ3) is 3.83. The summed E-state index contributed by atoms with van der Waals surface area (Å²) >= 11 is 0. The number of carbonyl (C=O) groups excluding carboxylic acids is 1. The van der Waals surface area contributed by atoms with Crippen molar-refractivity contribution in [2.75, 3.05) is 12.4 Å². The Morgan fingerprint density at radius 3 is 2.52 bits per heavy atom. The second-order valence-corrected chi connectivity index (χ2v) is 4.95. The number of rotatable bonds is 5. The number of ether oxygens (including phenoxy) is 1. The molecule has 2 rings (SSSR count). The van der Waals surface area contributed by atoms with Crippen LogP contribution >= 0.6 is 0 Å². The second kappa shape index (κ2) is 6.90. The molecule has 1 amide bonds. The summed E-state index contributed by atoms with van der Waals surface area (Å²) in [6.07, 6.45) is 0. The number of hydrogen-bond donors (Lipinski definition) is 2. The number of amides is 1. The van der Waals surface area contributed by atoms with E-state index in [4.69, 9.17) is 10.5 Å². The normalized spacial score (nSPS) is 13.3. The number of carbonyl (C=O) groups is 1. The van der Waals surface area contributed by atoms with E-state index in [9.17, 15) is 4.79 Å². The molecule has 0 aliphatic carbocycles. The Balaban J connectivity index is 2.05. The van der Waals surface area contributed by atoms with Crippen molar-refractivity contribution in [3.8, 4) is 5.75 Å². The largest absolute Gasteiger partial charge is 0.497 e. The molecule has 3 N–H and O–H groups in total. The van der Waals surface area contributed by atoms with Gasteiger partial charge in [-0.15, -0.1) is 0 Å². The number of hydrogen-bond acceptors (Lipinski definition) is 3.